The van der Waals surface area contributed by atoms with Gasteiger partial charge in [-0.1, -0.05) is 12.1 Å². The summed E-state index contributed by atoms with van der Waals surface area (Å²) in [6.45, 7) is 0. The van der Waals surface area contributed by atoms with Crippen LogP contribution in [0.1, 0.15) is 5.69 Å². The Kier molecular flexibility index (Phi) is 3.11. The van der Waals surface area contributed by atoms with E-state index in [2.05, 4.69) is 5.10 Å². The van der Waals surface area contributed by atoms with Crippen molar-refractivity contribution in [1.82, 2.24) is 9.78 Å². The van der Waals surface area contributed by atoms with Crippen molar-refractivity contribution in [2.45, 2.75) is 6.18 Å². The number of aromatic nitrogens is 2. The molecule has 2 aromatic rings. The lowest BCUT2D eigenvalue weighted by Gasteiger charge is -2.04. The number of rotatable bonds is 1. The Morgan fingerprint density at radius 2 is 1.82 bits per heavy atom. The lowest BCUT2D eigenvalue weighted by Crippen LogP contribution is -2.08. The second kappa shape index (κ2) is 4.28. The molecular weight excluding hydrogens is 351 g/mol. The van der Waals surface area contributed by atoms with Gasteiger partial charge >= 0.3 is 6.18 Å². The standard InChI is InChI=1S/C10H5F4IN2/c11-6-3-1-2-4-7(6)17-9(15)5-8(16-17)10(12,13)14/h1-5H. The molecule has 0 aliphatic carbocycles. The molecule has 90 valence electrons. The first kappa shape index (κ1) is 12.3. The highest BCUT2D eigenvalue weighted by Gasteiger charge is 2.35. The molecule has 0 spiro atoms. The first-order valence-electron chi connectivity index (χ1n) is 4.47. The van der Waals surface area contributed by atoms with Crippen LogP contribution in [0, 0.1) is 9.52 Å². The maximum Gasteiger partial charge on any atom is 0.435 e. The van der Waals surface area contributed by atoms with Crippen molar-refractivity contribution in [2.75, 3.05) is 0 Å². The SMILES string of the molecule is Fc1ccccc1-n1nc(C(F)(F)F)cc1I. The zero-order chi connectivity index (χ0) is 12.6. The van der Waals surface area contributed by atoms with E-state index in [1.165, 1.54) is 24.3 Å². The third-order valence-electron chi connectivity index (χ3n) is 2.04. The molecule has 0 bridgehead atoms. The van der Waals surface area contributed by atoms with Gasteiger partial charge in [-0.3, -0.25) is 0 Å². The predicted octanol–water partition coefficient (Wildman–Crippen LogP) is 3.63. The molecule has 0 atom stereocenters. The van der Waals surface area contributed by atoms with E-state index in [-0.39, 0.29) is 9.39 Å². The highest BCUT2D eigenvalue weighted by Crippen LogP contribution is 2.30. The van der Waals surface area contributed by atoms with E-state index in [9.17, 15) is 17.6 Å². The fourth-order valence-corrected chi connectivity index (χ4v) is 1.95. The number of alkyl halides is 3. The summed E-state index contributed by atoms with van der Waals surface area (Å²) < 4.78 is 51.8. The van der Waals surface area contributed by atoms with E-state index in [1.54, 1.807) is 22.6 Å². The molecule has 0 saturated carbocycles. The Morgan fingerprint density at radius 3 is 2.35 bits per heavy atom. The molecule has 1 heterocycles. The van der Waals surface area contributed by atoms with E-state index < -0.39 is 17.7 Å². The van der Waals surface area contributed by atoms with Crippen LogP contribution in [0.15, 0.2) is 30.3 Å². The molecule has 0 amide bonds. The Morgan fingerprint density at radius 1 is 1.18 bits per heavy atom. The third kappa shape index (κ3) is 2.43. The zero-order valence-electron chi connectivity index (χ0n) is 8.17. The number of nitrogens with zero attached hydrogens (tertiary/aromatic N) is 2. The summed E-state index contributed by atoms with van der Waals surface area (Å²) in [4.78, 5) is 0. The van der Waals surface area contributed by atoms with Gasteiger partial charge in [0, 0.05) is 6.07 Å². The molecule has 0 aliphatic heterocycles. The van der Waals surface area contributed by atoms with E-state index in [4.69, 9.17) is 0 Å². The van der Waals surface area contributed by atoms with Gasteiger partial charge < -0.3 is 0 Å². The summed E-state index contributed by atoms with van der Waals surface area (Å²) in [6.07, 6.45) is -4.53. The van der Waals surface area contributed by atoms with Crippen molar-refractivity contribution in [3.05, 3.63) is 45.5 Å². The van der Waals surface area contributed by atoms with Crippen LogP contribution < -0.4 is 0 Å². The summed E-state index contributed by atoms with van der Waals surface area (Å²) in [7, 11) is 0. The minimum absolute atomic E-state index is 0.00704. The van der Waals surface area contributed by atoms with Gasteiger partial charge in [-0.25, -0.2) is 9.07 Å². The van der Waals surface area contributed by atoms with Gasteiger partial charge in [-0.05, 0) is 34.7 Å². The third-order valence-corrected chi connectivity index (χ3v) is 2.81. The van der Waals surface area contributed by atoms with Crippen molar-refractivity contribution in [3.8, 4) is 5.69 Å². The monoisotopic (exact) mass is 356 g/mol. The highest BCUT2D eigenvalue weighted by atomic mass is 127. The van der Waals surface area contributed by atoms with Crippen LogP contribution in [0.4, 0.5) is 17.6 Å². The molecule has 17 heavy (non-hydrogen) atoms. The number of benzene rings is 1. The number of para-hydroxylation sites is 1. The minimum Gasteiger partial charge on any atom is -0.224 e. The smallest absolute Gasteiger partial charge is 0.224 e. The molecular formula is C10H5F4IN2. The molecule has 0 radical (unpaired) electrons. The minimum atomic E-state index is -4.53. The lowest BCUT2D eigenvalue weighted by molar-refractivity contribution is -0.141. The number of halogens is 5. The van der Waals surface area contributed by atoms with E-state index >= 15 is 0 Å². The average Bonchev–Trinajstić information content (AvgIpc) is 2.61. The highest BCUT2D eigenvalue weighted by molar-refractivity contribution is 14.1. The van der Waals surface area contributed by atoms with Crippen molar-refractivity contribution >= 4 is 22.6 Å². The van der Waals surface area contributed by atoms with Crippen LogP contribution in [0.3, 0.4) is 0 Å². The number of hydrogen-bond donors (Lipinski definition) is 0. The molecule has 1 aromatic heterocycles. The molecule has 0 saturated heterocycles. The van der Waals surface area contributed by atoms with Gasteiger partial charge in [0.15, 0.2) is 5.69 Å². The van der Waals surface area contributed by atoms with Gasteiger partial charge in [-0.2, -0.15) is 18.3 Å². The van der Waals surface area contributed by atoms with Crippen LogP contribution in [-0.2, 0) is 6.18 Å². The van der Waals surface area contributed by atoms with Crippen molar-refractivity contribution in [2.24, 2.45) is 0 Å². The normalized spacial score (nSPS) is 11.8. The molecule has 2 nitrogen and oxygen atoms in total. The fourth-order valence-electron chi connectivity index (χ4n) is 1.29. The molecule has 0 aliphatic rings. The largest absolute Gasteiger partial charge is 0.435 e. The Balaban J connectivity index is 2.55. The fraction of sp³-hybridized carbons (Fsp3) is 0.100. The van der Waals surface area contributed by atoms with Gasteiger partial charge in [0.25, 0.3) is 0 Å². The summed E-state index contributed by atoms with van der Waals surface area (Å²) >= 11 is 1.68. The first-order chi connectivity index (χ1) is 7.89. The quantitative estimate of drug-likeness (QED) is 0.564. The maximum absolute atomic E-state index is 13.4. The Labute approximate surface area is 107 Å². The van der Waals surface area contributed by atoms with Gasteiger partial charge in [-0.15, -0.1) is 0 Å². The first-order valence-corrected chi connectivity index (χ1v) is 5.55. The van der Waals surface area contributed by atoms with E-state index in [0.717, 1.165) is 10.7 Å². The number of hydrogen-bond acceptors (Lipinski definition) is 1. The summed E-state index contributed by atoms with van der Waals surface area (Å²) in [5.74, 6) is -0.623. The second-order valence-electron chi connectivity index (χ2n) is 3.21. The van der Waals surface area contributed by atoms with E-state index in [1.807, 2.05) is 0 Å². The Bertz CT molecular complexity index is 547. The molecule has 0 fully saturated rings. The van der Waals surface area contributed by atoms with Crippen LogP contribution in [0.5, 0.6) is 0 Å². The summed E-state index contributed by atoms with van der Waals surface area (Å²) in [5, 5.41) is 3.36. The van der Waals surface area contributed by atoms with Crippen molar-refractivity contribution < 1.29 is 17.6 Å². The molecule has 2 rings (SSSR count). The molecule has 0 N–H and O–H groups in total. The topological polar surface area (TPSA) is 17.8 Å². The zero-order valence-corrected chi connectivity index (χ0v) is 10.3. The summed E-state index contributed by atoms with van der Waals surface area (Å²) in [6, 6.07) is 6.39. The van der Waals surface area contributed by atoms with Crippen LogP contribution in [0.25, 0.3) is 5.69 Å². The van der Waals surface area contributed by atoms with Gasteiger partial charge in [0.1, 0.15) is 15.2 Å². The van der Waals surface area contributed by atoms with Crippen LogP contribution in [-0.4, -0.2) is 9.78 Å². The van der Waals surface area contributed by atoms with E-state index in [0.29, 0.717) is 0 Å². The van der Waals surface area contributed by atoms with Crippen molar-refractivity contribution in [1.29, 1.82) is 0 Å². The average molecular weight is 356 g/mol. The van der Waals surface area contributed by atoms with Crippen LogP contribution >= 0.6 is 22.6 Å². The predicted molar refractivity (Wildman–Crippen MR) is 61.2 cm³/mol. The molecule has 0 unspecified atom stereocenters. The van der Waals surface area contributed by atoms with Crippen LogP contribution in [0.2, 0.25) is 0 Å². The lowest BCUT2D eigenvalue weighted by atomic mass is 10.3. The summed E-state index contributed by atoms with van der Waals surface area (Å²) in [5.41, 5.74) is -1.04. The van der Waals surface area contributed by atoms with Gasteiger partial charge in [0.05, 0.1) is 0 Å². The molecule has 7 heteroatoms. The van der Waals surface area contributed by atoms with Gasteiger partial charge in [0.2, 0.25) is 0 Å². The Hall–Kier alpha value is -1.12. The molecule has 1 aromatic carbocycles. The second-order valence-corrected chi connectivity index (χ2v) is 4.32. The maximum atomic E-state index is 13.4. The van der Waals surface area contributed by atoms with Crippen molar-refractivity contribution in [3.63, 3.8) is 0 Å².